The number of thiophene rings is 1. The maximum absolute atomic E-state index is 11.6. The third kappa shape index (κ3) is 4.70. The average Bonchev–Trinajstić information content (AvgIpc) is 2.84. The normalized spacial score (nSPS) is 9.79. The van der Waals surface area contributed by atoms with Crippen molar-refractivity contribution in [2.45, 2.75) is 19.8 Å². The van der Waals surface area contributed by atoms with Crippen LogP contribution in [0.25, 0.3) is 0 Å². The van der Waals surface area contributed by atoms with E-state index in [4.69, 9.17) is 4.74 Å². The summed E-state index contributed by atoms with van der Waals surface area (Å²) in [6, 6.07) is 1.61. The van der Waals surface area contributed by atoms with Crippen molar-refractivity contribution in [3.8, 4) is 0 Å². The zero-order chi connectivity index (χ0) is 14.3. The van der Waals surface area contributed by atoms with E-state index < -0.39 is 11.9 Å². The molecule has 1 aromatic rings. The van der Waals surface area contributed by atoms with Crippen molar-refractivity contribution in [1.29, 1.82) is 0 Å². The first kappa shape index (κ1) is 15.2. The van der Waals surface area contributed by atoms with Gasteiger partial charge in [0.05, 0.1) is 25.8 Å². The van der Waals surface area contributed by atoms with Crippen molar-refractivity contribution >= 4 is 34.9 Å². The molecule has 1 aromatic heterocycles. The first-order valence-corrected chi connectivity index (χ1v) is 6.57. The second-order valence-electron chi connectivity index (χ2n) is 3.51. The molecule has 0 fully saturated rings. The van der Waals surface area contributed by atoms with Crippen molar-refractivity contribution in [3.63, 3.8) is 0 Å². The van der Waals surface area contributed by atoms with E-state index in [-0.39, 0.29) is 25.4 Å². The van der Waals surface area contributed by atoms with Crippen molar-refractivity contribution in [3.05, 3.63) is 16.3 Å². The number of anilines is 1. The fourth-order valence-electron chi connectivity index (χ4n) is 1.32. The minimum Gasteiger partial charge on any atom is -0.466 e. The van der Waals surface area contributed by atoms with Gasteiger partial charge in [-0.25, -0.2) is 4.79 Å². The average molecular weight is 285 g/mol. The monoisotopic (exact) mass is 285 g/mol. The molecule has 0 spiro atoms. The van der Waals surface area contributed by atoms with Gasteiger partial charge in [-0.3, -0.25) is 9.59 Å². The van der Waals surface area contributed by atoms with Gasteiger partial charge in [0.15, 0.2) is 0 Å². The van der Waals surface area contributed by atoms with E-state index in [1.807, 2.05) is 0 Å². The van der Waals surface area contributed by atoms with Crippen LogP contribution < -0.4 is 5.32 Å². The van der Waals surface area contributed by atoms with Crippen LogP contribution in [0, 0.1) is 0 Å². The summed E-state index contributed by atoms with van der Waals surface area (Å²) < 4.78 is 9.31. The predicted octanol–water partition coefficient (Wildman–Crippen LogP) is 1.82. The Morgan fingerprint density at radius 3 is 2.68 bits per heavy atom. The van der Waals surface area contributed by atoms with Crippen molar-refractivity contribution in [2.24, 2.45) is 0 Å². The SMILES string of the molecule is CCOC(=O)CCC(=O)Nc1ccsc1C(=O)OC. The number of rotatable bonds is 6. The molecule has 19 heavy (non-hydrogen) atoms. The molecule has 0 aromatic carbocycles. The molecule has 0 aliphatic carbocycles. The zero-order valence-corrected chi connectivity index (χ0v) is 11.5. The van der Waals surface area contributed by atoms with Gasteiger partial charge < -0.3 is 14.8 Å². The summed E-state index contributed by atoms with van der Waals surface area (Å²) in [7, 11) is 1.27. The first-order valence-electron chi connectivity index (χ1n) is 5.69. The maximum atomic E-state index is 11.6. The van der Waals surface area contributed by atoms with Crippen LogP contribution in [0.2, 0.25) is 0 Å². The molecule has 1 heterocycles. The molecule has 1 amide bonds. The van der Waals surface area contributed by atoms with Crippen LogP contribution in [0.1, 0.15) is 29.4 Å². The highest BCUT2D eigenvalue weighted by molar-refractivity contribution is 7.12. The zero-order valence-electron chi connectivity index (χ0n) is 10.7. The van der Waals surface area contributed by atoms with Gasteiger partial charge in [-0.15, -0.1) is 11.3 Å². The molecule has 1 N–H and O–H groups in total. The number of hydrogen-bond acceptors (Lipinski definition) is 6. The van der Waals surface area contributed by atoms with E-state index in [0.717, 1.165) is 0 Å². The molecule has 6 nitrogen and oxygen atoms in total. The number of nitrogens with one attached hydrogen (secondary N) is 1. The number of carbonyl (C=O) groups excluding carboxylic acids is 3. The highest BCUT2D eigenvalue weighted by atomic mass is 32.1. The topological polar surface area (TPSA) is 81.7 Å². The van der Waals surface area contributed by atoms with Gasteiger partial charge in [0.1, 0.15) is 4.88 Å². The first-order chi connectivity index (χ1) is 9.08. The Kier molecular flexibility index (Phi) is 6.01. The quantitative estimate of drug-likeness (QED) is 0.806. The van der Waals surface area contributed by atoms with Crippen molar-refractivity contribution in [2.75, 3.05) is 19.0 Å². The number of amides is 1. The molecular weight excluding hydrogens is 270 g/mol. The summed E-state index contributed by atoms with van der Waals surface area (Å²) in [4.78, 5) is 34.4. The van der Waals surface area contributed by atoms with E-state index in [2.05, 4.69) is 10.1 Å². The molecule has 0 atom stereocenters. The molecule has 7 heteroatoms. The number of hydrogen-bond donors (Lipinski definition) is 1. The van der Waals surface area contributed by atoms with Crippen LogP contribution in [0.4, 0.5) is 5.69 Å². The number of carbonyl (C=O) groups is 3. The van der Waals surface area contributed by atoms with E-state index in [1.165, 1.54) is 18.4 Å². The third-order valence-electron chi connectivity index (χ3n) is 2.17. The van der Waals surface area contributed by atoms with Gasteiger partial charge in [-0.05, 0) is 18.4 Å². The number of esters is 2. The van der Waals surface area contributed by atoms with Gasteiger partial charge >= 0.3 is 11.9 Å². The predicted molar refractivity (Wildman–Crippen MR) is 70.2 cm³/mol. The smallest absolute Gasteiger partial charge is 0.350 e. The Morgan fingerprint density at radius 1 is 1.32 bits per heavy atom. The molecular formula is C12H15NO5S. The fourth-order valence-corrected chi connectivity index (χ4v) is 2.09. The summed E-state index contributed by atoms with van der Waals surface area (Å²) >= 11 is 1.18. The lowest BCUT2D eigenvalue weighted by Gasteiger charge is -2.05. The van der Waals surface area contributed by atoms with E-state index in [9.17, 15) is 14.4 Å². The Bertz CT molecular complexity index is 468. The second kappa shape index (κ2) is 7.52. The summed E-state index contributed by atoms with van der Waals surface area (Å²) in [5, 5.41) is 4.24. The molecule has 104 valence electrons. The third-order valence-corrected chi connectivity index (χ3v) is 3.07. The highest BCUT2D eigenvalue weighted by Crippen LogP contribution is 2.23. The molecule has 1 rings (SSSR count). The van der Waals surface area contributed by atoms with Crippen LogP contribution >= 0.6 is 11.3 Å². The molecule has 0 unspecified atom stereocenters. The second-order valence-corrected chi connectivity index (χ2v) is 4.42. The number of ether oxygens (including phenoxy) is 2. The van der Waals surface area contributed by atoms with Gasteiger partial charge in [0.25, 0.3) is 0 Å². The largest absolute Gasteiger partial charge is 0.466 e. The molecule has 0 bridgehead atoms. The van der Waals surface area contributed by atoms with Gasteiger partial charge in [-0.1, -0.05) is 0 Å². The molecule has 0 saturated heterocycles. The molecule has 0 aliphatic heterocycles. The van der Waals surface area contributed by atoms with Crippen LogP contribution in [-0.2, 0) is 19.1 Å². The van der Waals surface area contributed by atoms with Gasteiger partial charge in [0.2, 0.25) is 5.91 Å². The summed E-state index contributed by atoms with van der Waals surface area (Å²) in [5.41, 5.74) is 0.394. The molecule has 0 radical (unpaired) electrons. The Balaban J connectivity index is 2.51. The Hall–Kier alpha value is -1.89. The summed E-state index contributed by atoms with van der Waals surface area (Å²) in [6.45, 7) is 1.99. The molecule has 0 saturated carbocycles. The van der Waals surface area contributed by atoms with Gasteiger partial charge in [0, 0.05) is 6.42 Å². The van der Waals surface area contributed by atoms with E-state index in [1.54, 1.807) is 18.4 Å². The van der Waals surface area contributed by atoms with Crippen LogP contribution in [0.3, 0.4) is 0 Å². The van der Waals surface area contributed by atoms with Gasteiger partial charge in [-0.2, -0.15) is 0 Å². The van der Waals surface area contributed by atoms with Crippen LogP contribution in [-0.4, -0.2) is 31.6 Å². The standard InChI is InChI=1S/C12H15NO5S/c1-3-18-10(15)5-4-9(14)13-8-6-7-19-11(8)12(16)17-2/h6-7H,3-5H2,1-2H3,(H,13,14). The Morgan fingerprint density at radius 2 is 2.05 bits per heavy atom. The summed E-state index contributed by atoms with van der Waals surface area (Å²) in [6.07, 6.45) is 0.0205. The fraction of sp³-hybridized carbons (Fsp3) is 0.417. The van der Waals surface area contributed by atoms with Crippen molar-refractivity contribution in [1.82, 2.24) is 0 Å². The van der Waals surface area contributed by atoms with E-state index in [0.29, 0.717) is 10.6 Å². The summed E-state index contributed by atoms with van der Waals surface area (Å²) in [5.74, 6) is -1.27. The van der Waals surface area contributed by atoms with Crippen molar-refractivity contribution < 1.29 is 23.9 Å². The van der Waals surface area contributed by atoms with Crippen LogP contribution in [0.5, 0.6) is 0 Å². The minimum atomic E-state index is -0.504. The lowest BCUT2D eigenvalue weighted by Crippen LogP contribution is -2.15. The van der Waals surface area contributed by atoms with Crippen LogP contribution in [0.15, 0.2) is 11.4 Å². The minimum absolute atomic E-state index is 0.00922. The Labute approximate surface area is 114 Å². The van der Waals surface area contributed by atoms with E-state index >= 15 is 0 Å². The number of methoxy groups -OCH3 is 1. The lowest BCUT2D eigenvalue weighted by atomic mass is 10.3. The maximum Gasteiger partial charge on any atom is 0.350 e. The molecule has 0 aliphatic rings. The lowest BCUT2D eigenvalue weighted by molar-refractivity contribution is -0.144. The highest BCUT2D eigenvalue weighted by Gasteiger charge is 2.16.